The monoisotopic (exact) mass is 342 g/mol. The van der Waals surface area contributed by atoms with Crippen LogP contribution in [0.15, 0.2) is 24.3 Å². The zero-order chi connectivity index (χ0) is 16.5. The van der Waals surface area contributed by atoms with Gasteiger partial charge in [-0.25, -0.2) is 0 Å². The van der Waals surface area contributed by atoms with E-state index in [0.29, 0.717) is 19.0 Å². The second-order valence-electron chi connectivity index (χ2n) is 5.78. The zero-order valence-corrected chi connectivity index (χ0v) is 14.5. The van der Waals surface area contributed by atoms with E-state index in [-0.39, 0.29) is 18.5 Å². The molecule has 0 aliphatic carbocycles. The molecule has 1 saturated heterocycles. The third-order valence-corrected chi connectivity index (χ3v) is 4.93. The topological polar surface area (TPSA) is 61.8 Å². The van der Waals surface area contributed by atoms with Crippen molar-refractivity contribution < 1.29 is 22.1 Å². The van der Waals surface area contributed by atoms with Crippen molar-refractivity contribution in [3.63, 3.8) is 0 Å². The number of aryl methyl sites for hydroxylation is 1. The van der Waals surface area contributed by atoms with E-state index in [4.69, 9.17) is 13.7 Å². The van der Waals surface area contributed by atoms with E-state index in [1.165, 1.54) is 5.56 Å². The minimum absolute atomic E-state index is 0.0943. The minimum atomic E-state index is -3.62. The molecule has 1 aliphatic rings. The summed E-state index contributed by atoms with van der Waals surface area (Å²) in [5.74, 6) is 0.221. The fraction of sp³-hybridized carbons (Fsp3) is 0.647. The standard InChI is InChI=1S/C17H26O5S/c1-2-3-4-15-5-7-17(8-6-15)22-23(18,19)14-13-21-16-9-11-20-12-10-16/h5-8,16H,2-4,9-14H2,1H3. The van der Waals surface area contributed by atoms with E-state index in [1.54, 1.807) is 12.1 Å². The smallest absolute Gasteiger partial charge is 0.311 e. The Hall–Kier alpha value is -1.11. The van der Waals surface area contributed by atoms with Crippen LogP contribution >= 0.6 is 0 Å². The van der Waals surface area contributed by atoms with E-state index in [2.05, 4.69) is 6.92 Å². The van der Waals surface area contributed by atoms with Crippen LogP contribution in [0.25, 0.3) is 0 Å². The summed E-state index contributed by atoms with van der Waals surface area (Å²) in [4.78, 5) is 0. The van der Waals surface area contributed by atoms with E-state index < -0.39 is 10.1 Å². The summed E-state index contributed by atoms with van der Waals surface area (Å²) in [6.45, 7) is 3.66. The highest BCUT2D eigenvalue weighted by Crippen LogP contribution is 2.16. The normalized spacial score (nSPS) is 16.4. The maximum atomic E-state index is 12.0. The van der Waals surface area contributed by atoms with Gasteiger partial charge in [-0.05, 0) is 43.4 Å². The summed E-state index contributed by atoms with van der Waals surface area (Å²) in [5, 5.41) is 0. The van der Waals surface area contributed by atoms with Gasteiger partial charge < -0.3 is 13.7 Å². The molecule has 0 bridgehead atoms. The highest BCUT2D eigenvalue weighted by molar-refractivity contribution is 7.87. The molecule has 0 unspecified atom stereocenters. The molecule has 0 radical (unpaired) electrons. The van der Waals surface area contributed by atoms with Gasteiger partial charge in [0.05, 0.1) is 12.7 Å². The Balaban J connectivity index is 1.76. The van der Waals surface area contributed by atoms with Gasteiger partial charge in [0.25, 0.3) is 0 Å². The van der Waals surface area contributed by atoms with Gasteiger partial charge in [-0.1, -0.05) is 25.5 Å². The number of ether oxygens (including phenoxy) is 2. The maximum Gasteiger partial charge on any atom is 0.311 e. The van der Waals surface area contributed by atoms with Crippen LogP contribution in [0.1, 0.15) is 38.2 Å². The molecule has 0 saturated carbocycles. The molecular weight excluding hydrogens is 316 g/mol. The summed E-state index contributed by atoms with van der Waals surface area (Å²) < 4.78 is 39.9. The van der Waals surface area contributed by atoms with Crippen molar-refractivity contribution in [2.24, 2.45) is 0 Å². The zero-order valence-electron chi connectivity index (χ0n) is 13.7. The van der Waals surface area contributed by atoms with Crippen molar-refractivity contribution in [2.45, 2.75) is 45.1 Å². The van der Waals surface area contributed by atoms with Crippen LogP contribution in [0, 0.1) is 0 Å². The lowest BCUT2D eigenvalue weighted by molar-refractivity contribution is -0.0268. The number of hydrogen-bond donors (Lipinski definition) is 0. The lowest BCUT2D eigenvalue weighted by Gasteiger charge is -2.22. The first-order valence-electron chi connectivity index (χ1n) is 8.29. The second kappa shape index (κ2) is 9.25. The third kappa shape index (κ3) is 6.89. The molecule has 0 aromatic heterocycles. The predicted molar refractivity (Wildman–Crippen MR) is 89.3 cm³/mol. The molecule has 1 aromatic carbocycles. The summed E-state index contributed by atoms with van der Waals surface area (Å²) in [7, 11) is -3.62. The van der Waals surface area contributed by atoms with Gasteiger partial charge in [0.15, 0.2) is 0 Å². The Morgan fingerprint density at radius 2 is 1.87 bits per heavy atom. The van der Waals surface area contributed by atoms with Crippen LogP contribution in [0.2, 0.25) is 0 Å². The van der Waals surface area contributed by atoms with Gasteiger partial charge in [-0.2, -0.15) is 8.42 Å². The molecule has 6 heteroatoms. The van der Waals surface area contributed by atoms with Crippen molar-refractivity contribution in [1.29, 1.82) is 0 Å². The summed E-state index contributed by atoms with van der Waals surface area (Å²) >= 11 is 0. The molecule has 1 heterocycles. The molecular formula is C17H26O5S. The Labute approximate surface area is 139 Å². The molecule has 1 fully saturated rings. The molecule has 0 N–H and O–H groups in total. The lowest BCUT2D eigenvalue weighted by atomic mass is 10.1. The van der Waals surface area contributed by atoms with Crippen molar-refractivity contribution >= 4 is 10.1 Å². The van der Waals surface area contributed by atoms with Gasteiger partial charge in [0.2, 0.25) is 0 Å². The number of unbranched alkanes of at least 4 members (excludes halogenated alkanes) is 1. The van der Waals surface area contributed by atoms with Crippen molar-refractivity contribution in [1.82, 2.24) is 0 Å². The minimum Gasteiger partial charge on any atom is -0.382 e. The number of rotatable bonds is 9. The van der Waals surface area contributed by atoms with Crippen LogP contribution in [-0.4, -0.2) is 40.1 Å². The molecule has 1 aromatic rings. The molecule has 5 nitrogen and oxygen atoms in total. The fourth-order valence-electron chi connectivity index (χ4n) is 2.44. The summed E-state index contributed by atoms with van der Waals surface area (Å²) in [6.07, 6.45) is 5.00. The molecule has 2 rings (SSSR count). The summed E-state index contributed by atoms with van der Waals surface area (Å²) in [5.41, 5.74) is 1.19. The Bertz CT molecular complexity index is 547. The molecule has 1 aliphatic heterocycles. The first-order chi connectivity index (χ1) is 11.1. The first-order valence-corrected chi connectivity index (χ1v) is 9.87. The van der Waals surface area contributed by atoms with Crippen molar-refractivity contribution in [3.05, 3.63) is 29.8 Å². The molecule has 0 spiro atoms. The number of benzene rings is 1. The largest absolute Gasteiger partial charge is 0.382 e. The van der Waals surface area contributed by atoms with Gasteiger partial charge in [0, 0.05) is 13.2 Å². The fourth-order valence-corrected chi connectivity index (χ4v) is 3.23. The van der Waals surface area contributed by atoms with E-state index in [0.717, 1.165) is 32.1 Å². The predicted octanol–water partition coefficient (Wildman–Crippen LogP) is 2.93. The lowest BCUT2D eigenvalue weighted by Crippen LogP contribution is -2.26. The second-order valence-corrected chi connectivity index (χ2v) is 7.47. The quantitative estimate of drug-likeness (QED) is 0.646. The first kappa shape index (κ1) is 18.2. The van der Waals surface area contributed by atoms with Crippen LogP contribution < -0.4 is 4.18 Å². The van der Waals surface area contributed by atoms with Gasteiger partial charge in [-0.15, -0.1) is 0 Å². The maximum absolute atomic E-state index is 12.0. The SMILES string of the molecule is CCCCc1ccc(OS(=O)(=O)CCOC2CCOCC2)cc1. The Kier molecular flexibility index (Phi) is 7.33. The third-order valence-electron chi connectivity index (χ3n) is 3.82. The summed E-state index contributed by atoms with van der Waals surface area (Å²) in [6, 6.07) is 7.25. The number of hydrogen-bond acceptors (Lipinski definition) is 5. The van der Waals surface area contributed by atoms with Crippen molar-refractivity contribution in [3.8, 4) is 5.75 Å². The van der Waals surface area contributed by atoms with Crippen LogP contribution in [0.4, 0.5) is 0 Å². The van der Waals surface area contributed by atoms with Gasteiger partial charge in [0.1, 0.15) is 11.5 Å². The average Bonchev–Trinajstić information content (AvgIpc) is 2.55. The van der Waals surface area contributed by atoms with Crippen LogP contribution in [0.3, 0.4) is 0 Å². The molecule has 130 valence electrons. The van der Waals surface area contributed by atoms with Crippen LogP contribution in [0.5, 0.6) is 5.75 Å². The average molecular weight is 342 g/mol. The van der Waals surface area contributed by atoms with E-state index in [9.17, 15) is 8.42 Å². The van der Waals surface area contributed by atoms with Gasteiger partial charge in [-0.3, -0.25) is 0 Å². The molecule has 0 amide bonds. The highest BCUT2D eigenvalue weighted by Gasteiger charge is 2.17. The van der Waals surface area contributed by atoms with Crippen LogP contribution in [-0.2, 0) is 26.0 Å². The Morgan fingerprint density at radius 1 is 1.17 bits per heavy atom. The molecule has 23 heavy (non-hydrogen) atoms. The van der Waals surface area contributed by atoms with Crippen molar-refractivity contribution in [2.75, 3.05) is 25.6 Å². The Morgan fingerprint density at radius 3 is 2.52 bits per heavy atom. The highest BCUT2D eigenvalue weighted by atomic mass is 32.2. The van der Waals surface area contributed by atoms with E-state index >= 15 is 0 Å². The van der Waals surface area contributed by atoms with Gasteiger partial charge >= 0.3 is 10.1 Å². The van der Waals surface area contributed by atoms with E-state index in [1.807, 2.05) is 12.1 Å². The molecule has 0 atom stereocenters.